The standard InChI is InChI=1S/C12H15FN4O2/c1-8(16-18)9-3-5-10(6-4-9)12(19-2)11(7-13)15-17-14/h3-6,8,11-12H,7H2,1-2H3/t8?,11-,12-/m1/s1. The van der Waals surface area contributed by atoms with Crippen LogP contribution in [-0.4, -0.2) is 19.8 Å². The van der Waals surface area contributed by atoms with Gasteiger partial charge in [-0.2, -0.15) is 4.91 Å². The molecule has 0 amide bonds. The number of ether oxygens (including phenoxy) is 1. The van der Waals surface area contributed by atoms with Crippen molar-refractivity contribution in [2.75, 3.05) is 13.8 Å². The zero-order valence-electron chi connectivity index (χ0n) is 10.7. The second-order valence-corrected chi connectivity index (χ2v) is 4.03. The number of nitrogens with zero attached hydrogens (tertiary/aromatic N) is 4. The van der Waals surface area contributed by atoms with Crippen LogP contribution in [0.1, 0.15) is 30.2 Å². The van der Waals surface area contributed by atoms with Crippen LogP contribution in [0.3, 0.4) is 0 Å². The van der Waals surface area contributed by atoms with Gasteiger partial charge in [-0.3, -0.25) is 4.39 Å². The molecule has 0 saturated heterocycles. The molecule has 102 valence electrons. The van der Waals surface area contributed by atoms with E-state index >= 15 is 0 Å². The van der Waals surface area contributed by atoms with Crippen molar-refractivity contribution in [3.05, 3.63) is 50.7 Å². The van der Waals surface area contributed by atoms with Crippen LogP contribution in [0.5, 0.6) is 0 Å². The van der Waals surface area contributed by atoms with E-state index in [1.165, 1.54) is 7.11 Å². The van der Waals surface area contributed by atoms with Gasteiger partial charge in [0.05, 0.1) is 12.1 Å². The summed E-state index contributed by atoms with van der Waals surface area (Å²) >= 11 is 0. The summed E-state index contributed by atoms with van der Waals surface area (Å²) in [6.07, 6.45) is -0.658. The van der Waals surface area contributed by atoms with Crippen molar-refractivity contribution in [1.82, 2.24) is 0 Å². The SMILES string of the molecule is CO[C@H](c1ccc(C(C)N=O)cc1)[C@@H](CF)N=[N+]=[N-]. The summed E-state index contributed by atoms with van der Waals surface area (Å²) in [6, 6.07) is 5.51. The minimum Gasteiger partial charge on any atom is -0.376 e. The van der Waals surface area contributed by atoms with E-state index in [-0.39, 0.29) is 0 Å². The lowest BCUT2D eigenvalue weighted by Crippen LogP contribution is -2.20. The average molecular weight is 266 g/mol. The molecule has 1 unspecified atom stereocenters. The van der Waals surface area contributed by atoms with E-state index in [9.17, 15) is 9.30 Å². The highest BCUT2D eigenvalue weighted by molar-refractivity contribution is 5.27. The molecule has 3 atom stereocenters. The fourth-order valence-electron chi connectivity index (χ4n) is 1.78. The van der Waals surface area contributed by atoms with Crippen LogP contribution < -0.4 is 0 Å². The highest BCUT2D eigenvalue weighted by Crippen LogP contribution is 2.26. The number of benzene rings is 1. The van der Waals surface area contributed by atoms with Crippen LogP contribution in [0.25, 0.3) is 10.4 Å². The van der Waals surface area contributed by atoms with Gasteiger partial charge in [0.2, 0.25) is 0 Å². The Labute approximate surface area is 110 Å². The molecule has 0 bridgehead atoms. The lowest BCUT2D eigenvalue weighted by molar-refractivity contribution is 0.0722. The number of azide groups is 1. The van der Waals surface area contributed by atoms with E-state index in [1.807, 2.05) is 0 Å². The first-order valence-electron chi connectivity index (χ1n) is 5.73. The maximum Gasteiger partial charge on any atom is 0.114 e. The van der Waals surface area contributed by atoms with Crippen LogP contribution in [0.4, 0.5) is 4.39 Å². The first kappa shape index (κ1) is 15.1. The average Bonchev–Trinajstić information content (AvgIpc) is 2.46. The highest BCUT2D eigenvalue weighted by atomic mass is 19.1. The van der Waals surface area contributed by atoms with E-state index in [0.717, 1.165) is 5.56 Å². The van der Waals surface area contributed by atoms with Crippen molar-refractivity contribution in [2.45, 2.75) is 25.1 Å². The first-order valence-corrected chi connectivity index (χ1v) is 5.73. The molecule has 0 fully saturated rings. The van der Waals surface area contributed by atoms with Crippen LogP contribution in [0.15, 0.2) is 34.6 Å². The second kappa shape index (κ2) is 7.45. The zero-order chi connectivity index (χ0) is 14.3. The zero-order valence-corrected chi connectivity index (χ0v) is 10.7. The van der Waals surface area contributed by atoms with Crippen molar-refractivity contribution in [2.24, 2.45) is 10.3 Å². The van der Waals surface area contributed by atoms with Gasteiger partial charge in [-0.25, -0.2) is 0 Å². The van der Waals surface area contributed by atoms with Gasteiger partial charge >= 0.3 is 0 Å². The summed E-state index contributed by atoms with van der Waals surface area (Å²) in [6.45, 7) is 0.872. The molecule has 0 N–H and O–H groups in total. The Hall–Kier alpha value is -1.98. The summed E-state index contributed by atoms with van der Waals surface area (Å²) < 4.78 is 18.0. The van der Waals surface area contributed by atoms with Crippen LogP contribution >= 0.6 is 0 Å². The second-order valence-electron chi connectivity index (χ2n) is 4.03. The van der Waals surface area contributed by atoms with Crippen molar-refractivity contribution in [3.63, 3.8) is 0 Å². The maximum atomic E-state index is 12.8. The molecule has 19 heavy (non-hydrogen) atoms. The van der Waals surface area contributed by atoms with E-state index in [0.29, 0.717) is 5.56 Å². The fourth-order valence-corrected chi connectivity index (χ4v) is 1.78. The summed E-state index contributed by atoms with van der Waals surface area (Å²) in [5, 5.41) is 6.30. The van der Waals surface area contributed by atoms with Gasteiger partial charge in [0.25, 0.3) is 0 Å². The third-order valence-corrected chi connectivity index (χ3v) is 2.87. The molecule has 0 aliphatic heterocycles. The molecule has 0 radical (unpaired) electrons. The van der Waals surface area contributed by atoms with Crippen molar-refractivity contribution in [1.29, 1.82) is 0 Å². The molecule has 0 saturated carbocycles. The minimum atomic E-state index is -0.914. The normalized spacial score (nSPS) is 15.1. The molecule has 1 rings (SSSR count). The molecule has 1 aromatic rings. The molecule has 7 heteroatoms. The van der Waals surface area contributed by atoms with Gasteiger partial charge in [-0.1, -0.05) is 34.6 Å². The third kappa shape index (κ3) is 3.74. The Morgan fingerprint density at radius 1 is 1.37 bits per heavy atom. The topological polar surface area (TPSA) is 87.4 Å². The molecule has 0 spiro atoms. The summed E-state index contributed by atoms with van der Waals surface area (Å²) in [4.78, 5) is 13.0. The van der Waals surface area contributed by atoms with Crippen LogP contribution in [0.2, 0.25) is 0 Å². The van der Waals surface area contributed by atoms with Crippen molar-refractivity contribution >= 4 is 0 Å². The number of alkyl halides is 1. The van der Waals surface area contributed by atoms with Crippen LogP contribution in [0, 0.1) is 4.91 Å². The summed E-state index contributed by atoms with van der Waals surface area (Å²) in [5.41, 5.74) is 9.84. The number of hydrogen-bond acceptors (Lipinski definition) is 4. The molecule has 1 aromatic carbocycles. The molecule has 0 aromatic heterocycles. The Bertz CT molecular complexity index is 459. The number of methoxy groups -OCH3 is 1. The predicted molar refractivity (Wildman–Crippen MR) is 69.3 cm³/mol. The third-order valence-electron chi connectivity index (χ3n) is 2.87. The lowest BCUT2D eigenvalue weighted by atomic mass is 10.00. The number of hydrogen-bond donors (Lipinski definition) is 0. The van der Waals surface area contributed by atoms with E-state index in [2.05, 4.69) is 15.2 Å². The smallest absolute Gasteiger partial charge is 0.114 e. The van der Waals surface area contributed by atoms with E-state index in [1.54, 1.807) is 31.2 Å². The Kier molecular flexibility index (Phi) is 5.92. The number of halogens is 1. The van der Waals surface area contributed by atoms with Gasteiger partial charge in [0, 0.05) is 12.0 Å². The predicted octanol–water partition coefficient (Wildman–Crippen LogP) is 3.85. The lowest BCUT2D eigenvalue weighted by Gasteiger charge is -2.20. The molecular weight excluding hydrogens is 251 g/mol. The molecule has 0 aliphatic carbocycles. The summed E-state index contributed by atoms with van der Waals surface area (Å²) in [7, 11) is 1.42. The molecule has 0 heterocycles. The summed E-state index contributed by atoms with van der Waals surface area (Å²) in [5.74, 6) is 0. The van der Waals surface area contributed by atoms with E-state index < -0.39 is 24.9 Å². The molecule has 6 nitrogen and oxygen atoms in total. The quantitative estimate of drug-likeness (QED) is 0.325. The maximum absolute atomic E-state index is 12.8. The van der Waals surface area contributed by atoms with Crippen molar-refractivity contribution < 1.29 is 9.13 Å². The fraction of sp³-hybridized carbons (Fsp3) is 0.500. The monoisotopic (exact) mass is 266 g/mol. The molecular formula is C12H15FN4O2. The van der Waals surface area contributed by atoms with Crippen LogP contribution in [-0.2, 0) is 4.74 Å². The van der Waals surface area contributed by atoms with Gasteiger partial charge in [-0.05, 0) is 23.6 Å². The van der Waals surface area contributed by atoms with E-state index in [4.69, 9.17) is 10.3 Å². The minimum absolute atomic E-state index is 0.441. The Balaban J connectivity index is 2.99. The van der Waals surface area contributed by atoms with Crippen molar-refractivity contribution in [3.8, 4) is 0 Å². The number of rotatable bonds is 7. The Morgan fingerprint density at radius 2 is 1.95 bits per heavy atom. The van der Waals surface area contributed by atoms with Gasteiger partial charge in [0.1, 0.15) is 12.7 Å². The highest BCUT2D eigenvalue weighted by Gasteiger charge is 2.22. The largest absolute Gasteiger partial charge is 0.376 e. The number of nitroso groups, excluding NO2 is 1. The molecule has 0 aliphatic rings. The Morgan fingerprint density at radius 3 is 2.37 bits per heavy atom. The first-order chi connectivity index (χ1) is 9.17. The van der Waals surface area contributed by atoms with Gasteiger partial charge in [-0.15, -0.1) is 0 Å². The van der Waals surface area contributed by atoms with Gasteiger partial charge in [0.15, 0.2) is 0 Å². The van der Waals surface area contributed by atoms with Gasteiger partial charge < -0.3 is 4.74 Å².